The van der Waals surface area contributed by atoms with Gasteiger partial charge in [-0.25, -0.2) is 4.79 Å². The summed E-state index contributed by atoms with van der Waals surface area (Å²) in [6.07, 6.45) is 1.92. The zero-order valence-electron chi connectivity index (χ0n) is 20.1. The number of aromatic amines is 1. The van der Waals surface area contributed by atoms with E-state index in [9.17, 15) is 14.4 Å². The number of hydrogen-bond acceptors (Lipinski definition) is 6. The number of hydrogen-bond donors (Lipinski definition) is 2. The molecule has 3 N–H and O–H groups in total. The molecule has 0 spiro atoms. The average Bonchev–Trinajstić information content (AvgIpc) is 2.74. The van der Waals surface area contributed by atoms with Crippen LogP contribution in [0.2, 0.25) is 0 Å². The molecule has 3 rings (SSSR count). The van der Waals surface area contributed by atoms with Crippen LogP contribution in [0.25, 0.3) is 5.69 Å². The molecule has 0 aliphatic carbocycles. The van der Waals surface area contributed by atoms with Crippen molar-refractivity contribution in [1.82, 2.24) is 19.7 Å². The van der Waals surface area contributed by atoms with Gasteiger partial charge >= 0.3 is 5.69 Å². The zero-order chi connectivity index (χ0) is 24.5. The lowest BCUT2D eigenvalue weighted by Crippen LogP contribution is -2.33. The Morgan fingerprint density at radius 1 is 1.09 bits per heavy atom. The van der Waals surface area contributed by atoms with E-state index in [2.05, 4.69) is 10.1 Å². The van der Waals surface area contributed by atoms with Gasteiger partial charge in [-0.15, -0.1) is 5.10 Å². The summed E-state index contributed by atoms with van der Waals surface area (Å²) >= 11 is 0. The summed E-state index contributed by atoms with van der Waals surface area (Å²) in [7, 11) is 0. The first-order valence-electron chi connectivity index (χ1n) is 11.1. The van der Waals surface area contributed by atoms with E-state index in [1.165, 1.54) is 0 Å². The Kier molecular flexibility index (Phi) is 6.67. The van der Waals surface area contributed by atoms with Gasteiger partial charge in [0.15, 0.2) is 0 Å². The fourth-order valence-electron chi connectivity index (χ4n) is 4.11. The molecule has 174 valence electrons. The smallest absolute Gasteiger partial charge is 0.349 e. The van der Waals surface area contributed by atoms with Crippen LogP contribution in [-0.2, 0) is 16.6 Å². The highest BCUT2D eigenvalue weighted by atomic mass is 16.2. The summed E-state index contributed by atoms with van der Waals surface area (Å²) in [5.74, 6) is -0.0850. The predicted octanol–water partition coefficient (Wildman–Crippen LogP) is 3.06. The van der Waals surface area contributed by atoms with E-state index in [-0.39, 0.29) is 11.6 Å². The molecule has 0 aliphatic rings. The van der Waals surface area contributed by atoms with Crippen LogP contribution in [0.1, 0.15) is 67.3 Å². The fourth-order valence-corrected chi connectivity index (χ4v) is 4.11. The minimum absolute atomic E-state index is 0.188. The van der Waals surface area contributed by atoms with Crippen molar-refractivity contribution >= 4 is 11.6 Å². The minimum Gasteiger partial charge on any atom is -0.378 e. The van der Waals surface area contributed by atoms with Gasteiger partial charge in [0, 0.05) is 18.5 Å². The summed E-state index contributed by atoms with van der Waals surface area (Å²) in [5, 5.41) is 3.91. The van der Waals surface area contributed by atoms with Crippen LogP contribution in [0.4, 0.5) is 5.82 Å². The number of aryl methyl sites for hydroxylation is 3. The summed E-state index contributed by atoms with van der Waals surface area (Å²) < 4.78 is 1.09. The lowest BCUT2D eigenvalue weighted by molar-refractivity contribution is -0.123. The highest BCUT2D eigenvalue weighted by molar-refractivity contribution is 5.89. The van der Waals surface area contributed by atoms with Crippen molar-refractivity contribution in [3.63, 3.8) is 0 Å². The van der Waals surface area contributed by atoms with Crippen molar-refractivity contribution in [2.24, 2.45) is 0 Å². The largest absolute Gasteiger partial charge is 0.378 e. The van der Waals surface area contributed by atoms with E-state index in [1.807, 2.05) is 65.8 Å². The number of Topliss-reactive ketones (excluding diaryl/α,β-unsaturated/α-hetero) is 1. The van der Waals surface area contributed by atoms with Gasteiger partial charge in [-0.3, -0.25) is 19.6 Å². The number of nitrogen functional groups attached to an aromatic ring is 1. The quantitative estimate of drug-likeness (QED) is 0.571. The third-order valence-electron chi connectivity index (χ3n) is 6.06. The van der Waals surface area contributed by atoms with Crippen LogP contribution in [0, 0.1) is 20.8 Å². The van der Waals surface area contributed by atoms with Gasteiger partial charge in [-0.2, -0.15) is 4.68 Å². The van der Waals surface area contributed by atoms with Crippen molar-refractivity contribution in [3.8, 4) is 5.69 Å². The normalized spacial score (nSPS) is 11.6. The van der Waals surface area contributed by atoms with Crippen LogP contribution in [-0.4, -0.2) is 25.5 Å². The molecule has 0 fully saturated rings. The average molecular weight is 450 g/mol. The van der Waals surface area contributed by atoms with Crippen LogP contribution in [0.3, 0.4) is 0 Å². The molecule has 3 aromatic rings. The van der Waals surface area contributed by atoms with E-state index in [0.29, 0.717) is 18.5 Å². The second-order valence-electron chi connectivity index (χ2n) is 9.06. The van der Waals surface area contributed by atoms with Gasteiger partial charge in [0.2, 0.25) is 5.82 Å². The predicted molar refractivity (Wildman–Crippen MR) is 129 cm³/mol. The van der Waals surface area contributed by atoms with Crippen LogP contribution >= 0.6 is 0 Å². The van der Waals surface area contributed by atoms with E-state index in [0.717, 1.165) is 44.7 Å². The van der Waals surface area contributed by atoms with Crippen LogP contribution < -0.4 is 17.0 Å². The van der Waals surface area contributed by atoms with Crippen molar-refractivity contribution in [1.29, 1.82) is 0 Å². The highest BCUT2D eigenvalue weighted by Gasteiger charge is 2.31. The standard InChI is InChI=1S/C25H31N5O3/c1-7-8-20(31)25(5,6)21-14(2)9-10-17(27-21)13-19-15(3)11-18(12-16(19)4)30-24(33)28-23(32)22(26)29-30/h9-12H,7-8,13H2,1-6H3,(H2,26,29)(H,28,32,33). The topological polar surface area (TPSA) is 124 Å². The maximum Gasteiger partial charge on any atom is 0.349 e. The zero-order valence-corrected chi connectivity index (χ0v) is 20.1. The third kappa shape index (κ3) is 4.79. The van der Waals surface area contributed by atoms with E-state index >= 15 is 0 Å². The van der Waals surface area contributed by atoms with Gasteiger partial charge < -0.3 is 5.73 Å². The number of nitrogens with two attached hydrogens (primary N) is 1. The Labute approximate surface area is 192 Å². The molecular formula is C25H31N5O3. The first-order valence-corrected chi connectivity index (χ1v) is 11.1. The molecule has 0 bridgehead atoms. The number of rotatable bonds is 7. The van der Waals surface area contributed by atoms with Crippen molar-refractivity contribution in [3.05, 3.63) is 78.7 Å². The number of nitrogens with zero attached hydrogens (tertiary/aromatic N) is 3. The van der Waals surface area contributed by atoms with Gasteiger partial charge in [0.05, 0.1) is 16.8 Å². The van der Waals surface area contributed by atoms with Gasteiger partial charge in [-0.1, -0.05) is 13.0 Å². The summed E-state index contributed by atoms with van der Waals surface area (Å²) in [5.41, 5.74) is 9.76. The number of aromatic nitrogens is 4. The van der Waals surface area contributed by atoms with Gasteiger partial charge in [-0.05, 0) is 81.5 Å². The number of benzene rings is 1. The molecule has 0 saturated heterocycles. The Morgan fingerprint density at radius 2 is 1.73 bits per heavy atom. The molecule has 0 amide bonds. The molecule has 2 aromatic heterocycles. The number of H-pyrrole nitrogens is 1. The lowest BCUT2D eigenvalue weighted by atomic mass is 9.80. The first-order chi connectivity index (χ1) is 15.4. The molecule has 0 aliphatic heterocycles. The van der Waals surface area contributed by atoms with Gasteiger partial charge in [0.25, 0.3) is 5.56 Å². The summed E-state index contributed by atoms with van der Waals surface area (Å²) in [6.45, 7) is 11.8. The maximum atomic E-state index is 12.7. The molecule has 8 heteroatoms. The van der Waals surface area contributed by atoms with E-state index < -0.39 is 16.7 Å². The summed E-state index contributed by atoms with van der Waals surface area (Å²) in [4.78, 5) is 43.5. The second kappa shape index (κ2) is 9.13. The monoisotopic (exact) mass is 449 g/mol. The maximum absolute atomic E-state index is 12.7. The molecule has 33 heavy (non-hydrogen) atoms. The Balaban J connectivity index is 2.00. The van der Waals surface area contributed by atoms with E-state index in [1.54, 1.807) is 0 Å². The minimum atomic E-state index is -0.706. The van der Waals surface area contributed by atoms with Crippen molar-refractivity contribution in [2.75, 3.05) is 5.73 Å². The highest BCUT2D eigenvalue weighted by Crippen LogP contribution is 2.29. The first kappa shape index (κ1) is 24.1. The number of pyridine rings is 1. The molecular weight excluding hydrogens is 418 g/mol. The lowest BCUT2D eigenvalue weighted by Gasteiger charge is -2.25. The Morgan fingerprint density at radius 3 is 2.33 bits per heavy atom. The molecule has 0 unspecified atom stereocenters. The number of carbonyl (C=O) groups excluding carboxylic acids is 1. The van der Waals surface area contributed by atoms with Crippen molar-refractivity contribution < 1.29 is 4.79 Å². The number of anilines is 1. The van der Waals surface area contributed by atoms with Crippen molar-refractivity contribution in [2.45, 2.75) is 66.2 Å². The molecule has 0 radical (unpaired) electrons. The molecule has 1 aromatic carbocycles. The van der Waals surface area contributed by atoms with Crippen LogP contribution in [0.5, 0.6) is 0 Å². The second-order valence-corrected chi connectivity index (χ2v) is 9.06. The van der Waals surface area contributed by atoms with Crippen LogP contribution in [0.15, 0.2) is 33.9 Å². The SMILES string of the molecule is CCCC(=O)C(C)(C)c1nc(Cc2c(C)cc(-n3nc(N)c(=O)[nH]c3=O)cc2C)ccc1C. The third-order valence-corrected chi connectivity index (χ3v) is 6.06. The Hall–Kier alpha value is -3.55. The van der Waals surface area contributed by atoms with E-state index in [4.69, 9.17) is 10.7 Å². The number of nitrogens with one attached hydrogen (secondary N) is 1. The molecule has 0 atom stereocenters. The Bertz CT molecular complexity index is 1310. The fraction of sp³-hybridized carbons (Fsp3) is 0.400. The van der Waals surface area contributed by atoms with Gasteiger partial charge in [0.1, 0.15) is 5.78 Å². The number of ketones is 1. The molecule has 8 nitrogen and oxygen atoms in total. The number of carbonyl (C=O) groups is 1. The summed E-state index contributed by atoms with van der Waals surface area (Å²) in [6, 6.07) is 7.67. The molecule has 0 saturated carbocycles. The molecule has 2 heterocycles.